The molecular weight excluding hydrogens is 296 g/mol. The first kappa shape index (κ1) is 15.4. The molecule has 1 aliphatic rings. The number of halogens is 1. The summed E-state index contributed by atoms with van der Waals surface area (Å²) in [6, 6.07) is 14.3. The summed E-state index contributed by atoms with van der Waals surface area (Å²) in [5.41, 5.74) is 3.62. The van der Waals surface area contributed by atoms with Gasteiger partial charge >= 0.3 is 0 Å². The van der Waals surface area contributed by atoms with Gasteiger partial charge < -0.3 is 9.47 Å². The molecule has 2 nitrogen and oxygen atoms in total. The van der Waals surface area contributed by atoms with Crippen LogP contribution in [0.4, 0.5) is 0 Å². The summed E-state index contributed by atoms with van der Waals surface area (Å²) in [6.45, 7) is 3.37. The van der Waals surface area contributed by atoms with Crippen molar-refractivity contribution in [3.8, 4) is 5.75 Å². The Bertz CT molecular complexity index is 618. The zero-order valence-electron chi connectivity index (χ0n) is 12.8. The fourth-order valence-electron chi connectivity index (χ4n) is 2.37. The molecule has 1 aliphatic carbocycles. The van der Waals surface area contributed by atoms with E-state index < -0.39 is 0 Å². The number of rotatable bonds is 7. The Hall–Kier alpha value is -1.51. The van der Waals surface area contributed by atoms with Crippen molar-refractivity contribution >= 4 is 11.6 Å². The molecule has 22 heavy (non-hydrogen) atoms. The van der Waals surface area contributed by atoms with Crippen LogP contribution in [0.3, 0.4) is 0 Å². The summed E-state index contributed by atoms with van der Waals surface area (Å²) in [5.74, 6) is 0.887. The summed E-state index contributed by atoms with van der Waals surface area (Å²) >= 11 is 6.25. The van der Waals surface area contributed by atoms with Gasteiger partial charge in [0.2, 0.25) is 0 Å². The molecule has 0 spiro atoms. The lowest BCUT2D eigenvalue weighted by Gasteiger charge is -2.09. The highest BCUT2D eigenvalue weighted by Crippen LogP contribution is 2.24. The molecule has 2 aromatic carbocycles. The van der Waals surface area contributed by atoms with Gasteiger partial charge in [-0.2, -0.15) is 0 Å². The van der Waals surface area contributed by atoms with E-state index in [1.807, 2.05) is 24.3 Å². The van der Waals surface area contributed by atoms with Crippen molar-refractivity contribution in [3.63, 3.8) is 0 Å². The molecule has 0 N–H and O–H groups in total. The highest BCUT2D eigenvalue weighted by Gasteiger charge is 2.21. The zero-order chi connectivity index (χ0) is 15.4. The van der Waals surface area contributed by atoms with Crippen molar-refractivity contribution in [2.24, 2.45) is 0 Å². The Kier molecular flexibility index (Phi) is 5.01. The highest BCUT2D eigenvalue weighted by atomic mass is 35.5. The third-order valence-corrected chi connectivity index (χ3v) is 4.12. The molecule has 3 heteroatoms. The molecule has 0 bridgehead atoms. The van der Waals surface area contributed by atoms with Crippen LogP contribution in [0.15, 0.2) is 42.5 Å². The summed E-state index contributed by atoms with van der Waals surface area (Å²) < 4.78 is 11.2. The molecule has 0 radical (unpaired) electrons. The van der Waals surface area contributed by atoms with Crippen LogP contribution >= 0.6 is 11.6 Å². The topological polar surface area (TPSA) is 18.5 Å². The first-order valence-electron chi connectivity index (χ1n) is 7.79. The quantitative estimate of drug-likeness (QED) is 0.683. The minimum atomic E-state index is 0.491. The van der Waals surface area contributed by atoms with E-state index >= 15 is 0 Å². The molecule has 1 saturated carbocycles. The zero-order valence-corrected chi connectivity index (χ0v) is 13.6. The van der Waals surface area contributed by atoms with E-state index in [0.29, 0.717) is 19.3 Å². The third-order valence-electron chi connectivity index (χ3n) is 3.75. The van der Waals surface area contributed by atoms with Gasteiger partial charge in [-0.3, -0.25) is 0 Å². The van der Waals surface area contributed by atoms with E-state index in [1.165, 1.54) is 24.0 Å². The van der Waals surface area contributed by atoms with Crippen LogP contribution in [0.2, 0.25) is 5.02 Å². The molecule has 0 aliphatic heterocycles. The number of hydrogen-bond acceptors (Lipinski definition) is 2. The van der Waals surface area contributed by atoms with Gasteiger partial charge in [0.15, 0.2) is 0 Å². The molecule has 0 atom stereocenters. The smallest absolute Gasteiger partial charge is 0.119 e. The maximum absolute atomic E-state index is 6.25. The van der Waals surface area contributed by atoms with Crippen LogP contribution in [-0.4, -0.2) is 19.3 Å². The number of hydrogen-bond donors (Lipinski definition) is 0. The van der Waals surface area contributed by atoms with Crippen LogP contribution in [0.5, 0.6) is 5.75 Å². The van der Waals surface area contributed by atoms with Crippen molar-refractivity contribution in [1.82, 2.24) is 0 Å². The molecule has 3 rings (SSSR count). The second kappa shape index (κ2) is 7.17. The largest absolute Gasteiger partial charge is 0.491 e. The van der Waals surface area contributed by atoms with Crippen molar-refractivity contribution < 1.29 is 9.47 Å². The molecule has 116 valence electrons. The molecule has 0 saturated heterocycles. The van der Waals surface area contributed by atoms with Crippen LogP contribution in [0.25, 0.3) is 0 Å². The van der Waals surface area contributed by atoms with E-state index in [4.69, 9.17) is 21.1 Å². The van der Waals surface area contributed by atoms with E-state index in [-0.39, 0.29) is 0 Å². The van der Waals surface area contributed by atoms with E-state index in [0.717, 1.165) is 22.8 Å². The number of aryl methyl sites for hydroxylation is 1. The maximum atomic E-state index is 6.25. The maximum Gasteiger partial charge on any atom is 0.119 e. The minimum absolute atomic E-state index is 0.491. The van der Waals surface area contributed by atoms with Crippen molar-refractivity contribution in [1.29, 1.82) is 0 Å². The summed E-state index contributed by atoms with van der Waals surface area (Å²) in [4.78, 5) is 0. The lowest BCUT2D eigenvalue weighted by molar-refractivity contribution is 0.0881. The van der Waals surface area contributed by atoms with Gasteiger partial charge in [-0.1, -0.05) is 41.4 Å². The number of ether oxygens (including phenoxy) is 2. The van der Waals surface area contributed by atoms with Gasteiger partial charge in [-0.25, -0.2) is 0 Å². The second-order valence-corrected chi connectivity index (χ2v) is 6.24. The van der Waals surface area contributed by atoms with Gasteiger partial charge in [-0.15, -0.1) is 0 Å². The van der Waals surface area contributed by atoms with Crippen LogP contribution in [-0.2, 0) is 11.2 Å². The molecular formula is C19H21ClO2. The summed E-state index contributed by atoms with van der Waals surface area (Å²) in [6.07, 6.45) is 3.74. The lowest BCUT2D eigenvalue weighted by atomic mass is 10.0. The van der Waals surface area contributed by atoms with Gasteiger partial charge in [0.1, 0.15) is 12.4 Å². The SMILES string of the molecule is Cc1ccc(Cl)c(Cc2ccc(OCCOC3CC3)cc2)c1. The standard InChI is InChI=1S/C19H21ClO2/c1-14-2-9-19(20)16(12-14)13-15-3-5-17(6-4-15)21-10-11-22-18-7-8-18/h2-6,9,12,18H,7-8,10-11,13H2,1H3. The predicted octanol–water partition coefficient (Wildman–Crippen LogP) is 4.80. The van der Waals surface area contributed by atoms with E-state index in [1.54, 1.807) is 0 Å². The highest BCUT2D eigenvalue weighted by molar-refractivity contribution is 6.31. The second-order valence-electron chi connectivity index (χ2n) is 5.83. The molecule has 0 unspecified atom stereocenters. The lowest BCUT2D eigenvalue weighted by Crippen LogP contribution is -2.07. The fraction of sp³-hybridized carbons (Fsp3) is 0.368. The minimum Gasteiger partial charge on any atom is -0.491 e. The Balaban J connectivity index is 1.53. The first-order valence-corrected chi connectivity index (χ1v) is 8.17. The van der Waals surface area contributed by atoms with Gasteiger partial charge in [0.05, 0.1) is 12.7 Å². The Morgan fingerprint density at radius 3 is 2.55 bits per heavy atom. The monoisotopic (exact) mass is 316 g/mol. The molecule has 0 heterocycles. The normalized spacial score (nSPS) is 14.1. The van der Waals surface area contributed by atoms with Crippen molar-refractivity contribution in [3.05, 3.63) is 64.2 Å². The van der Waals surface area contributed by atoms with Crippen molar-refractivity contribution in [2.45, 2.75) is 32.3 Å². The molecule has 2 aromatic rings. The van der Waals surface area contributed by atoms with Crippen LogP contribution in [0, 0.1) is 6.92 Å². The summed E-state index contributed by atoms with van der Waals surface area (Å²) in [7, 11) is 0. The third kappa shape index (κ3) is 4.49. The molecule has 0 amide bonds. The van der Waals surface area contributed by atoms with Gasteiger partial charge in [0.25, 0.3) is 0 Å². The predicted molar refractivity (Wildman–Crippen MR) is 89.9 cm³/mol. The average molecular weight is 317 g/mol. The van der Waals surface area contributed by atoms with Gasteiger partial charge in [0, 0.05) is 5.02 Å². The summed E-state index contributed by atoms with van der Waals surface area (Å²) in [5, 5.41) is 0.822. The van der Waals surface area contributed by atoms with Crippen molar-refractivity contribution in [2.75, 3.05) is 13.2 Å². The van der Waals surface area contributed by atoms with E-state index in [2.05, 4.69) is 25.1 Å². The average Bonchev–Trinajstić information content (AvgIpc) is 3.33. The van der Waals surface area contributed by atoms with Crippen LogP contribution < -0.4 is 4.74 Å². The fourth-order valence-corrected chi connectivity index (χ4v) is 2.56. The first-order chi connectivity index (χ1) is 10.7. The van der Waals surface area contributed by atoms with Crippen LogP contribution in [0.1, 0.15) is 29.5 Å². The number of benzene rings is 2. The Morgan fingerprint density at radius 1 is 1.05 bits per heavy atom. The Morgan fingerprint density at radius 2 is 1.82 bits per heavy atom. The molecule has 0 aromatic heterocycles. The Labute approximate surface area is 137 Å². The van der Waals surface area contributed by atoms with Gasteiger partial charge in [-0.05, 0) is 55.5 Å². The van der Waals surface area contributed by atoms with E-state index in [9.17, 15) is 0 Å². The molecule has 1 fully saturated rings.